The molecule has 0 aliphatic carbocycles. The lowest BCUT2D eigenvalue weighted by Gasteiger charge is -2.32. The van der Waals surface area contributed by atoms with Gasteiger partial charge in [0.15, 0.2) is 5.96 Å². The van der Waals surface area contributed by atoms with Crippen molar-refractivity contribution in [1.29, 1.82) is 0 Å². The van der Waals surface area contributed by atoms with Crippen molar-refractivity contribution in [3.63, 3.8) is 0 Å². The number of likely N-dealkylation sites (tertiary alicyclic amines) is 1. The summed E-state index contributed by atoms with van der Waals surface area (Å²) in [6.45, 7) is 7.28. The molecule has 28 heavy (non-hydrogen) atoms. The van der Waals surface area contributed by atoms with Crippen LogP contribution < -0.4 is 10.6 Å². The Bertz CT molecular complexity index is 710. The number of aliphatic hydroxyl groups excluding tert-OH is 1. The smallest absolute Gasteiger partial charge is 0.191 e. The molecule has 3 N–H and O–H groups in total. The van der Waals surface area contributed by atoms with E-state index in [-0.39, 0.29) is 24.0 Å². The molecule has 2 heterocycles. The highest BCUT2D eigenvalue weighted by Crippen LogP contribution is 2.29. The molecule has 5 nitrogen and oxygen atoms in total. The molecule has 7 heteroatoms. The first-order valence-corrected chi connectivity index (χ1v) is 10.8. The van der Waals surface area contributed by atoms with Gasteiger partial charge in [0.2, 0.25) is 0 Å². The number of aliphatic imine (C=N–C) groups is 1. The summed E-state index contributed by atoms with van der Waals surface area (Å²) in [4.78, 5) is 7.85. The molecule has 0 radical (unpaired) electrons. The van der Waals surface area contributed by atoms with E-state index in [1.807, 2.05) is 12.1 Å². The average molecular weight is 516 g/mol. The van der Waals surface area contributed by atoms with Crippen molar-refractivity contribution in [3.05, 3.63) is 35.2 Å². The number of halogens is 1. The Balaban J connectivity index is 0.00000280. The maximum Gasteiger partial charge on any atom is 0.191 e. The Morgan fingerprint density at radius 3 is 2.71 bits per heavy atom. The van der Waals surface area contributed by atoms with Gasteiger partial charge in [-0.15, -0.1) is 35.3 Å². The monoisotopic (exact) mass is 516 g/mol. The lowest BCUT2D eigenvalue weighted by molar-refractivity contribution is 0.182. The van der Waals surface area contributed by atoms with Gasteiger partial charge in [0.25, 0.3) is 0 Å². The van der Waals surface area contributed by atoms with Crippen LogP contribution in [0.25, 0.3) is 10.1 Å². The Kier molecular flexibility index (Phi) is 9.98. The van der Waals surface area contributed by atoms with Gasteiger partial charge in [-0.05, 0) is 62.3 Å². The Hall–Kier alpha value is -0.900. The molecule has 0 saturated carbocycles. The van der Waals surface area contributed by atoms with Crippen LogP contribution in [0, 0.1) is 5.92 Å². The number of thiophene rings is 1. The van der Waals surface area contributed by atoms with Gasteiger partial charge in [-0.3, -0.25) is 4.99 Å². The van der Waals surface area contributed by atoms with Gasteiger partial charge >= 0.3 is 0 Å². The second-order valence-corrected chi connectivity index (χ2v) is 8.44. The third kappa shape index (κ3) is 6.57. The lowest BCUT2D eigenvalue weighted by Crippen LogP contribution is -2.43. The SMILES string of the molecule is CCCN1CCC(CNC(=NC)NCC(O)c2cc3ccccc3s2)CC1.I. The zero-order chi connectivity index (χ0) is 19.1. The predicted molar refractivity (Wildman–Crippen MR) is 131 cm³/mol. The number of nitrogens with zero attached hydrogens (tertiary/aromatic N) is 2. The normalized spacial score (nSPS) is 17.3. The number of aliphatic hydroxyl groups is 1. The van der Waals surface area contributed by atoms with Gasteiger partial charge in [0.1, 0.15) is 6.10 Å². The minimum Gasteiger partial charge on any atom is -0.386 e. The fourth-order valence-electron chi connectivity index (χ4n) is 3.65. The Labute approximate surface area is 189 Å². The van der Waals surface area contributed by atoms with Crippen LogP contribution in [0.2, 0.25) is 0 Å². The van der Waals surface area contributed by atoms with E-state index in [0.717, 1.165) is 17.4 Å². The first kappa shape index (κ1) is 23.4. The topological polar surface area (TPSA) is 59.9 Å². The molecule has 156 valence electrons. The number of rotatable bonds is 7. The first-order chi connectivity index (χ1) is 13.2. The minimum atomic E-state index is -0.529. The first-order valence-electron chi connectivity index (χ1n) is 10.0. The molecule has 1 saturated heterocycles. The molecular weight excluding hydrogens is 483 g/mol. The average Bonchev–Trinajstić information content (AvgIpc) is 3.14. The van der Waals surface area contributed by atoms with Gasteiger partial charge in [-0.1, -0.05) is 25.1 Å². The summed E-state index contributed by atoms with van der Waals surface area (Å²) < 4.78 is 1.21. The molecule has 2 aromatic rings. The van der Waals surface area contributed by atoms with Gasteiger partial charge in [-0.25, -0.2) is 0 Å². The maximum absolute atomic E-state index is 10.5. The molecule has 1 aliphatic heterocycles. The molecule has 1 aromatic heterocycles. The molecule has 1 unspecified atom stereocenters. The molecule has 0 amide bonds. The van der Waals surface area contributed by atoms with E-state index in [1.165, 1.54) is 49.0 Å². The summed E-state index contributed by atoms with van der Waals surface area (Å²) >= 11 is 1.65. The Morgan fingerprint density at radius 1 is 1.29 bits per heavy atom. The third-order valence-electron chi connectivity index (χ3n) is 5.26. The highest BCUT2D eigenvalue weighted by molar-refractivity contribution is 14.0. The van der Waals surface area contributed by atoms with Gasteiger partial charge in [0, 0.05) is 29.7 Å². The van der Waals surface area contributed by atoms with Gasteiger partial charge < -0.3 is 20.6 Å². The van der Waals surface area contributed by atoms with Crippen LogP contribution in [0.1, 0.15) is 37.2 Å². The van der Waals surface area contributed by atoms with Crippen LogP contribution >= 0.6 is 35.3 Å². The number of benzene rings is 1. The largest absolute Gasteiger partial charge is 0.386 e. The fourth-order valence-corrected chi connectivity index (χ4v) is 4.70. The van der Waals surface area contributed by atoms with Gasteiger partial charge in [0.05, 0.1) is 0 Å². The number of piperidine rings is 1. The van der Waals surface area contributed by atoms with E-state index in [1.54, 1.807) is 18.4 Å². The molecule has 3 rings (SSSR count). The van der Waals surface area contributed by atoms with Crippen LogP contribution in [0.4, 0.5) is 0 Å². The van der Waals surface area contributed by atoms with E-state index in [2.05, 4.69) is 45.6 Å². The van der Waals surface area contributed by atoms with Crippen LogP contribution in [-0.4, -0.2) is 55.7 Å². The van der Waals surface area contributed by atoms with Crippen molar-refractivity contribution in [2.24, 2.45) is 10.9 Å². The van der Waals surface area contributed by atoms with E-state index in [4.69, 9.17) is 0 Å². The number of hydrogen-bond donors (Lipinski definition) is 3. The summed E-state index contributed by atoms with van der Waals surface area (Å²) in [5, 5.41) is 18.4. The van der Waals surface area contributed by atoms with E-state index in [9.17, 15) is 5.11 Å². The second kappa shape index (κ2) is 11.9. The predicted octanol–water partition coefficient (Wildman–Crippen LogP) is 3.84. The second-order valence-electron chi connectivity index (χ2n) is 7.32. The number of nitrogens with one attached hydrogen (secondary N) is 2. The molecular formula is C21H33IN4OS. The summed E-state index contributed by atoms with van der Waals surface area (Å²) in [5.41, 5.74) is 0. The minimum absolute atomic E-state index is 0. The summed E-state index contributed by atoms with van der Waals surface area (Å²) in [5.74, 6) is 1.47. The number of hydrogen-bond acceptors (Lipinski definition) is 4. The third-order valence-corrected chi connectivity index (χ3v) is 6.48. The van der Waals surface area contributed by atoms with Crippen molar-refractivity contribution in [1.82, 2.24) is 15.5 Å². The molecule has 1 fully saturated rings. The van der Waals surface area contributed by atoms with Gasteiger partial charge in [-0.2, -0.15) is 0 Å². The molecule has 1 aromatic carbocycles. The van der Waals surface area contributed by atoms with E-state index >= 15 is 0 Å². The van der Waals surface area contributed by atoms with E-state index in [0.29, 0.717) is 12.5 Å². The molecule has 0 spiro atoms. The highest BCUT2D eigenvalue weighted by Gasteiger charge is 2.19. The fraction of sp³-hybridized carbons (Fsp3) is 0.571. The summed E-state index contributed by atoms with van der Waals surface area (Å²) in [6, 6.07) is 10.3. The molecule has 0 bridgehead atoms. The van der Waals surface area contributed by atoms with Crippen LogP contribution in [0.3, 0.4) is 0 Å². The zero-order valence-corrected chi connectivity index (χ0v) is 20.0. The zero-order valence-electron chi connectivity index (χ0n) is 16.9. The number of fused-ring (bicyclic) bond motifs is 1. The molecule has 1 aliphatic rings. The Morgan fingerprint density at radius 2 is 2.04 bits per heavy atom. The van der Waals surface area contributed by atoms with Crippen molar-refractivity contribution in [2.75, 3.05) is 39.8 Å². The van der Waals surface area contributed by atoms with Crippen molar-refractivity contribution >= 4 is 51.4 Å². The summed E-state index contributed by atoms with van der Waals surface area (Å²) in [6.07, 6.45) is 3.20. The van der Waals surface area contributed by atoms with Crippen LogP contribution in [0.5, 0.6) is 0 Å². The maximum atomic E-state index is 10.5. The summed E-state index contributed by atoms with van der Waals surface area (Å²) in [7, 11) is 1.78. The quantitative estimate of drug-likeness (QED) is 0.298. The number of guanidine groups is 1. The van der Waals surface area contributed by atoms with Crippen LogP contribution in [0.15, 0.2) is 35.3 Å². The molecule has 1 atom stereocenters. The van der Waals surface area contributed by atoms with Crippen molar-refractivity contribution in [3.8, 4) is 0 Å². The van der Waals surface area contributed by atoms with Crippen molar-refractivity contribution in [2.45, 2.75) is 32.3 Å². The highest BCUT2D eigenvalue weighted by atomic mass is 127. The van der Waals surface area contributed by atoms with Crippen molar-refractivity contribution < 1.29 is 5.11 Å². The standard InChI is InChI=1S/C21H32N4OS.HI/c1-3-10-25-11-8-16(9-12-25)14-23-21(22-2)24-15-18(26)20-13-17-6-4-5-7-19(17)27-20;/h4-7,13,16,18,26H,3,8-12,14-15H2,1-2H3,(H2,22,23,24);1H. The lowest BCUT2D eigenvalue weighted by atomic mass is 9.97. The van der Waals surface area contributed by atoms with E-state index < -0.39 is 6.10 Å². The van der Waals surface area contributed by atoms with Crippen LogP contribution in [-0.2, 0) is 0 Å².